The summed E-state index contributed by atoms with van der Waals surface area (Å²) < 4.78 is 1.51. The first-order chi connectivity index (χ1) is 9.49. The van der Waals surface area contributed by atoms with E-state index in [0.717, 1.165) is 0 Å². The standard InChI is InChI=1S/C11H16N8O/c1-7(10-15-16-17-19(10)4)12-11(20)8-5-6-9(14-13-8)18(2)3/h5-7H,1-4H3,(H,12,20)/t7-/m1/s1. The number of anilines is 1. The van der Waals surface area contributed by atoms with Crippen LogP contribution in [0.15, 0.2) is 12.1 Å². The van der Waals surface area contributed by atoms with E-state index in [9.17, 15) is 4.79 Å². The molecule has 0 unspecified atom stereocenters. The van der Waals surface area contributed by atoms with E-state index < -0.39 is 0 Å². The first-order valence-corrected chi connectivity index (χ1v) is 6.03. The molecule has 106 valence electrons. The van der Waals surface area contributed by atoms with Gasteiger partial charge in [0.05, 0.1) is 6.04 Å². The summed E-state index contributed by atoms with van der Waals surface area (Å²) >= 11 is 0. The van der Waals surface area contributed by atoms with Crippen molar-refractivity contribution in [3.8, 4) is 0 Å². The Morgan fingerprint density at radius 2 is 2.05 bits per heavy atom. The van der Waals surface area contributed by atoms with Gasteiger partial charge in [-0.2, -0.15) is 0 Å². The molecule has 0 aliphatic rings. The maximum atomic E-state index is 12.0. The smallest absolute Gasteiger partial charge is 0.272 e. The number of aromatic nitrogens is 6. The van der Waals surface area contributed by atoms with Crippen molar-refractivity contribution in [3.63, 3.8) is 0 Å². The lowest BCUT2D eigenvalue weighted by Crippen LogP contribution is -2.29. The fraction of sp³-hybridized carbons (Fsp3) is 0.455. The van der Waals surface area contributed by atoms with Crippen molar-refractivity contribution in [2.45, 2.75) is 13.0 Å². The SMILES string of the molecule is C[C@@H](NC(=O)c1ccc(N(C)C)nn1)c1nnnn1C. The van der Waals surface area contributed by atoms with Crippen LogP contribution in [0.25, 0.3) is 0 Å². The number of nitrogens with one attached hydrogen (secondary N) is 1. The molecule has 2 aromatic rings. The van der Waals surface area contributed by atoms with E-state index in [4.69, 9.17) is 0 Å². The third-order valence-electron chi connectivity index (χ3n) is 2.73. The zero-order chi connectivity index (χ0) is 14.7. The Morgan fingerprint density at radius 1 is 1.30 bits per heavy atom. The van der Waals surface area contributed by atoms with Crippen LogP contribution in [0.4, 0.5) is 5.82 Å². The number of carbonyl (C=O) groups excluding carboxylic acids is 1. The maximum Gasteiger partial charge on any atom is 0.272 e. The minimum absolute atomic E-state index is 0.248. The van der Waals surface area contributed by atoms with Crippen molar-refractivity contribution in [2.75, 3.05) is 19.0 Å². The van der Waals surface area contributed by atoms with Gasteiger partial charge in [0, 0.05) is 21.1 Å². The van der Waals surface area contributed by atoms with Gasteiger partial charge in [-0.1, -0.05) is 0 Å². The highest BCUT2D eigenvalue weighted by atomic mass is 16.2. The van der Waals surface area contributed by atoms with Crippen LogP contribution in [-0.4, -0.2) is 50.4 Å². The van der Waals surface area contributed by atoms with Gasteiger partial charge >= 0.3 is 0 Å². The Kier molecular flexibility index (Phi) is 3.87. The number of amides is 1. The highest BCUT2D eigenvalue weighted by Crippen LogP contribution is 2.09. The highest BCUT2D eigenvalue weighted by Gasteiger charge is 2.17. The Bertz CT molecular complexity index is 591. The molecule has 2 heterocycles. The van der Waals surface area contributed by atoms with Gasteiger partial charge in [0.2, 0.25) is 0 Å². The van der Waals surface area contributed by atoms with Gasteiger partial charge in [0.15, 0.2) is 17.3 Å². The lowest BCUT2D eigenvalue weighted by Gasteiger charge is -2.12. The first kappa shape index (κ1) is 13.8. The number of tetrazole rings is 1. The van der Waals surface area contributed by atoms with Crippen molar-refractivity contribution in [2.24, 2.45) is 7.05 Å². The molecular formula is C11H16N8O. The number of rotatable bonds is 4. The molecule has 0 radical (unpaired) electrons. The predicted molar refractivity (Wildman–Crippen MR) is 71.0 cm³/mol. The molecule has 0 aromatic carbocycles. The van der Waals surface area contributed by atoms with Crippen molar-refractivity contribution in [1.82, 2.24) is 35.7 Å². The molecule has 1 N–H and O–H groups in total. The van der Waals surface area contributed by atoms with Crippen molar-refractivity contribution >= 4 is 11.7 Å². The number of hydrogen-bond acceptors (Lipinski definition) is 7. The van der Waals surface area contributed by atoms with Gasteiger partial charge < -0.3 is 10.2 Å². The lowest BCUT2D eigenvalue weighted by atomic mass is 10.3. The Labute approximate surface area is 116 Å². The average molecular weight is 276 g/mol. The van der Waals surface area contributed by atoms with Crippen molar-refractivity contribution in [3.05, 3.63) is 23.7 Å². The van der Waals surface area contributed by atoms with E-state index in [-0.39, 0.29) is 17.6 Å². The van der Waals surface area contributed by atoms with Crippen LogP contribution in [0.3, 0.4) is 0 Å². The van der Waals surface area contributed by atoms with Crippen LogP contribution >= 0.6 is 0 Å². The maximum absolute atomic E-state index is 12.0. The van der Waals surface area contributed by atoms with Crippen LogP contribution in [0.1, 0.15) is 29.3 Å². The molecule has 0 aliphatic carbocycles. The van der Waals surface area contributed by atoms with E-state index in [1.165, 1.54) is 4.68 Å². The molecule has 0 bridgehead atoms. The summed E-state index contributed by atoms with van der Waals surface area (Å²) in [6, 6.07) is 3.04. The quantitative estimate of drug-likeness (QED) is 0.807. The van der Waals surface area contributed by atoms with Gasteiger partial charge in [0.1, 0.15) is 0 Å². The minimum Gasteiger partial charge on any atom is -0.361 e. The molecular weight excluding hydrogens is 260 g/mol. The topological polar surface area (TPSA) is 102 Å². The number of carbonyl (C=O) groups is 1. The summed E-state index contributed by atoms with van der Waals surface area (Å²) in [5, 5.41) is 21.7. The molecule has 0 saturated heterocycles. The number of hydrogen-bond donors (Lipinski definition) is 1. The van der Waals surface area contributed by atoms with E-state index >= 15 is 0 Å². The predicted octanol–water partition coefficient (Wildman–Crippen LogP) is -0.443. The average Bonchev–Trinajstić information content (AvgIpc) is 2.85. The first-order valence-electron chi connectivity index (χ1n) is 6.03. The zero-order valence-electron chi connectivity index (χ0n) is 11.8. The van der Waals surface area contributed by atoms with Gasteiger partial charge in [-0.25, -0.2) is 4.68 Å². The molecule has 1 atom stereocenters. The van der Waals surface area contributed by atoms with Gasteiger partial charge in [0.25, 0.3) is 5.91 Å². The molecule has 20 heavy (non-hydrogen) atoms. The molecule has 2 rings (SSSR count). The summed E-state index contributed by atoms with van der Waals surface area (Å²) in [5.74, 6) is 0.932. The molecule has 2 aromatic heterocycles. The summed E-state index contributed by atoms with van der Waals surface area (Å²) in [6.07, 6.45) is 0. The third-order valence-corrected chi connectivity index (χ3v) is 2.73. The molecule has 9 heteroatoms. The van der Waals surface area contributed by atoms with Crippen LogP contribution in [0.5, 0.6) is 0 Å². The van der Waals surface area contributed by atoms with Crippen LogP contribution in [0, 0.1) is 0 Å². The molecule has 9 nitrogen and oxygen atoms in total. The van der Waals surface area contributed by atoms with Crippen molar-refractivity contribution in [1.29, 1.82) is 0 Å². The second kappa shape index (κ2) is 5.59. The number of nitrogens with zero attached hydrogens (tertiary/aromatic N) is 7. The molecule has 1 amide bonds. The summed E-state index contributed by atoms with van der Waals surface area (Å²) in [5.41, 5.74) is 0.248. The van der Waals surface area contributed by atoms with Crippen LogP contribution < -0.4 is 10.2 Å². The molecule has 0 saturated carbocycles. The van der Waals surface area contributed by atoms with E-state index in [1.807, 2.05) is 19.0 Å². The summed E-state index contributed by atoms with van der Waals surface area (Å²) in [4.78, 5) is 13.8. The minimum atomic E-state index is -0.321. The van der Waals surface area contributed by atoms with Gasteiger partial charge in [-0.15, -0.1) is 15.3 Å². The lowest BCUT2D eigenvalue weighted by molar-refractivity contribution is 0.0931. The monoisotopic (exact) mass is 276 g/mol. The number of aryl methyl sites for hydroxylation is 1. The summed E-state index contributed by atoms with van der Waals surface area (Å²) in [7, 11) is 5.42. The van der Waals surface area contributed by atoms with Gasteiger partial charge in [-0.05, 0) is 29.5 Å². The molecule has 0 spiro atoms. The summed E-state index contributed by atoms with van der Waals surface area (Å²) in [6.45, 7) is 1.80. The highest BCUT2D eigenvalue weighted by molar-refractivity contribution is 5.92. The second-order valence-electron chi connectivity index (χ2n) is 4.53. The van der Waals surface area contributed by atoms with Gasteiger partial charge in [-0.3, -0.25) is 4.79 Å². The van der Waals surface area contributed by atoms with E-state index in [1.54, 1.807) is 26.1 Å². The largest absolute Gasteiger partial charge is 0.361 e. The Balaban J connectivity index is 2.06. The zero-order valence-corrected chi connectivity index (χ0v) is 11.8. The molecule has 0 fully saturated rings. The van der Waals surface area contributed by atoms with Crippen molar-refractivity contribution < 1.29 is 4.79 Å². The fourth-order valence-corrected chi connectivity index (χ4v) is 1.62. The normalized spacial score (nSPS) is 12.0. The third kappa shape index (κ3) is 2.87. The van der Waals surface area contributed by atoms with Crippen LogP contribution in [0.2, 0.25) is 0 Å². The van der Waals surface area contributed by atoms with E-state index in [2.05, 4.69) is 31.0 Å². The Hall–Kier alpha value is -2.58. The molecule has 0 aliphatic heterocycles. The fourth-order valence-electron chi connectivity index (χ4n) is 1.62. The second-order valence-corrected chi connectivity index (χ2v) is 4.53. The van der Waals surface area contributed by atoms with Crippen LogP contribution in [-0.2, 0) is 7.05 Å². The Morgan fingerprint density at radius 3 is 2.55 bits per heavy atom. The van der Waals surface area contributed by atoms with E-state index in [0.29, 0.717) is 11.6 Å².